The van der Waals surface area contributed by atoms with Crippen LogP contribution in [0.25, 0.3) is 22.5 Å². The molecule has 2 aromatic carbocycles. The molecule has 3 aromatic heterocycles. The topological polar surface area (TPSA) is 137 Å². The largest absolute Gasteiger partial charge is 0.379 e. The Kier molecular flexibility index (Phi) is 6.85. The molecule has 1 saturated heterocycles. The van der Waals surface area contributed by atoms with Crippen LogP contribution in [0.5, 0.6) is 0 Å². The van der Waals surface area contributed by atoms with E-state index in [1.165, 1.54) is 40.5 Å². The number of morpholine rings is 1. The monoisotopic (exact) mass is 572 g/mol. The Bertz CT molecular complexity index is 1870. The fraction of sp³-hybridized carbons (Fsp3) is 0.250. The standard InChI is InChI=1S/C28H28N8O4S/c1-18-4-7-22(14-19(18)2)35-26-24(16-31-35)27(30-17-29-26)36-25(15-20(3)33-36)32-28(37)21-5-8-23(9-6-21)41(38,39)34-10-12-40-13-11-34/h4-9,14-17H,10-13H2,1-3H3,(H,32,37). The van der Waals surface area contributed by atoms with Crippen LogP contribution in [0.2, 0.25) is 0 Å². The number of hydrogen-bond donors (Lipinski definition) is 1. The predicted octanol–water partition coefficient (Wildman–Crippen LogP) is 3.20. The van der Waals surface area contributed by atoms with Gasteiger partial charge in [0.05, 0.1) is 41.1 Å². The van der Waals surface area contributed by atoms with Crippen LogP contribution >= 0.6 is 0 Å². The van der Waals surface area contributed by atoms with Crippen molar-refractivity contribution in [3.63, 3.8) is 0 Å². The van der Waals surface area contributed by atoms with Gasteiger partial charge in [-0.1, -0.05) is 6.07 Å². The predicted molar refractivity (Wildman–Crippen MR) is 152 cm³/mol. The van der Waals surface area contributed by atoms with Crippen molar-refractivity contribution in [1.29, 1.82) is 0 Å². The molecule has 6 rings (SSSR count). The number of carbonyl (C=O) groups excluding carboxylic acids is 1. The van der Waals surface area contributed by atoms with E-state index in [2.05, 4.69) is 32.4 Å². The lowest BCUT2D eigenvalue weighted by Crippen LogP contribution is -2.40. The summed E-state index contributed by atoms with van der Waals surface area (Å²) in [5.41, 5.74) is 4.76. The van der Waals surface area contributed by atoms with Crippen molar-refractivity contribution in [2.45, 2.75) is 25.7 Å². The van der Waals surface area contributed by atoms with E-state index in [1.54, 1.807) is 21.6 Å². The van der Waals surface area contributed by atoms with Gasteiger partial charge in [0.15, 0.2) is 11.5 Å². The van der Waals surface area contributed by atoms with Crippen molar-refractivity contribution in [2.24, 2.45) is 0 Å². The number of amides is 1. The quantitative estimate of drug-likeness (QED) is 0.328. The summed E-state index contributed by atoms with van der Waals surface area (Å²) >= 11 is 0. The first-order valence-electron chi connectivity index (χ1n) is 13.0. The highest BCUT2D eigenvalue weighted by molar-refractivity contribution is 7.89. The van der Waals surface area contributed by atoms with Crippen LogP contribution in [0.4, 0.5) is 5.82 Å². The summed E-state index contributed by atoms with van der Waals surface area (Å²) in [4.78, 5) is 22.3. The van der Waals surface area contributed by atoms with Gasteiger partial charge in [0.1, 0.15) is 12.1 Å². The molecule has 5 aromatic rings. The van der Waals surface area contributed by atoms with Crippen LogP contribution in [0, 0.1) is 20.8 Å². The molecule has 0 aliphatic carbocycles. The molecule has 1 N–H and O–H groups in total. The maximum Gasteiger partial charge on any atom is 0.256 e. The number of aryl methyl sites for hydroxylation is 3. The summed E-state index contributed by atoms with van der Waals surface area (Å²) in [6.45, 7) is 7.23. The Hall–Kier alpha value is -4.46. The molecule has 1 aliphatic rings. The third kappa shape index (κ3) is 4.99. The van der Waals surface area contributed by atoms with Crippen molar-refractivity contribution >= 4 is 32.8 Å². The van der Waals surface area contributed by atoms with Crippen LogP contribution in [0.15, 0.2) is 66.0 Å². The van der Waals surface area contributed by atoms with Gasteiger partial charge in [-0.2, -0.15) is 19.2 Å². The van der Waals surface area contributed by atoms with E-state index < -0.39 is 15.9 Å². The number of carbonyl (C=O) groups is 1. The van der Waals surface area contributed by atoms with Crippen LogP contribution < -0.4 is 5.32 Å². The molecule has 4 heterocycles. The second kappa shape index (κ2) is 10.5. The van der Waals surface area contributed by atoms with E-state index in [0.29, 0.717) is 60.2 Å². The Labute approximate surface area is 236 Å². The molecule has 0 saturated carbocycles. The van der Waals surface area contributed by atoms with Crippen molar-refractivity contribution in [3.8, 4) is 11.5 Å². The lowest BCUT2D eigenvalue weighted by Gasteiger charge is -2.26. The molecule has 0 spiro atoms. The maximum atomic E-state index is 13.2. The highest BCUT2D eigenvalue weighted by Crippen LogP contribution is 2.25. The molecule has 0 unspecified atom stereocenters. The summed E-state index contributed by atoms with van der Waals surface area (Å²) < 4.78 is 35.8. The first-order chi connectivity index (χ1) is 19.7. The molecular formula is C28H28N8O4S. The number of rotatable bonds is 6. The number of ether oxygens (including phenoxy) is 1. The minimum atomic E-state index is -3.66. The number of anilines is 1. The fourth-order valence-electron chi connectivity index (χ4n) is 4.70. The zero-order valence-corrected chi connectivity index (χ0v) is 23.6. The van der Waals surface area contributed by atoms with Gasteiger partial charge in [-0.3, -0.25) is 4.79 Å². The third-order valence-electron chi connectivity index (χ3n) is 7.08. The van der Waals surface area contributed by atoms with Gasteiger partial charge < -0.3 is 10.1 Å². The number of fused-ring (bicyclic) bond motifs is 1. The third-order valence-corrected chi connectivity index (χ3v) is 8.99. The molecule has 12 nitrogen and oxygen atoms in total. The Balaban J connectivity index is 1.28. The molecule has 0 atom stereocenters. The lowest BCUT2D eigenvalue weighted by molar-refractivity contribution is 0.0730. The molecule has 1 amide bonds. The maximum absolute atomic E-state index is 13.2. The van der Waals surface area contributed by atoms with E-state index in [9.17, 15) is 13.2 Å². The zero-order chi connectivity index (χ0) is 28.7. The molecule has 0 bridgehead atoms. The second-order valence-corrected chi connectivity index (χ2v) is 11.8. The summed E-state index contributed by atoms with van der Waals surface area (Å²) in [5, 5.41) is 12.7. The smallest absolute Gasteiger partial charge is 0.256 e. The first-order valence-corrected chi connectivity index (χ1v) is 14.5. The molecule has 41 heavy (non-hydrogen) atoms. The number of sulfonamides is 1. The number of nitrogens with zero attached hydrogens (tertiary/aromatic N) is 7. The van der Waals surface area contributed by atoms with E-state index >= 15 is 0 Å². The van der Waals surface area contributed by atoms with Crippen LogP contribution in [0.3, 0.4) is 0 Å². The number of nitrogens with one attached hydrogen (secondary N) is 1. The van der Waals surface area contributed by atoms with Crippen molar-refractivity contribution in [1.82, 2.24) is 33.8 Å². The first kappa shape index (κ1) is 26.7. The van der Waals surface area contributed by atoms with E-state index in [0.717, 1.165) is 11.3 Å². The van der Waals surface area contributed by atoms with E-state index in [1.807, 2.05) is 32.0 Å². The average molecular weight is 573 g/mol. The summed E-state index contributed by atoms with van der Waals surface area (Å²) in [6.07, 6.45) is 3.11. The summed E-state index contributed by atoms with van der Waals surface area (Å²) in [7, 11) is -3.66. The summed E-state index contributed by atoms with van der Waals surface area (Å²) in [6, 6.07) is 13.7. The van der Waals surface area contributed by atoms with E-state index in [-0.39, 0.29) is 4.90 Å². The van der Waals surface area contributed by atoms with Crippen molar-refractivity contribution in [3.05, 3.63) is 83.4 Å². The van der Waals surface area contributed by atoms with Gasteiger partial charge in [-0.15, -0.1) is 0 Å². The molecule has 13 heteroatoms. The fourth-order valence-corrected chi connectivity index (χ4v) is 6.11. The van der Waals surface area contributed by atoms with Crippen molar-refractivity contribution in [2.75, 3.05) is 31.6 Å². The van der Waals surface area contributed by atoms with Crippen LogP contribution in [-0.4, -0.2) is 74.5 Å². The number of aromatic nitrogens is 6. The molecule has 210 valence electrons. The number of hydrogen-bond acceptors (Lipinski definition) is 8. The van der Waals surface area contributed by atoms with Gasteiger partial charge in [0.2, 0.25) is 10.0 Å². The van der Waals surface area contributed by atoms with Crippen LogP contribution in [-0.2, 0) is 14.8 Å². The van der Waals surface area contributed by atoms with Gasteiger partial charge in [0, 0.05) is 24.7 Å². The molecule has 1 aliphatic heterocycles. The molecular weight excluding hydrogens is 544 g/mol. The minimum absolute atomic E-state index is 0.126. The van der Waals surface area contributed by atoms with Crippen molar-refractivity contribution < 1.29 is 17.9 Å². The van der Waals surface area contributed by atoms with Gasteiger partial charge in [0.25, 0.3) is 5.91 Å². The van der Waals surface area contributed by atoms with Gasteiger partial charge in [-0.25, -0.2) is 23.1 Å². The van der Waals surface area contributed by atoms with Crippen LogP contribution in [0.1, 0.15) is 27.2 Å². The van der Waals surface area contributed by atoms with E-state index in [4.69, 9.17) is 4.74 Å². The molecule has 1 fully saturated rings. The highest BCUT2D eigenvalue weighted by Gasteiger charge is 2.26. The van der Waals surface area contributed by atoms with Gasteiger partial charge >= 0.3 is 0 Å². The highest BCUT2D eigenvalue weighted by atomic mass is 32.2. The Morgan fingerprint density at radius 3 is 2.41 bits per heavy atom. The SMILES string of the molecule is Cc1cc(NC(=O)c2ccc(S(=O)(=O)N3CCOCC3)cc2)n(-c2ncnc3c2cnn3-c2ccc(C)c(C)c2)n1. The lowest BCUT2D eigenvalue weighted by atomic mass is 10.1. The minimum Gasteiger partial charge on any atom is -0.379 e. The van der Waals surface area contributed by atoms with Gasteiger partial charge in [-0.05, 0) is 68.3 Å². The normalized spacial score (nSPS) is 14.4. The summed E-state index contributed by atoms with van der Waals surface area (Å²) in [5.74, 6) is 0.439. The Morgan fingerprint density at radius 1 is 0.927 bits per heavy atom. The molecule has 0 radical (unpaired) electrons. The average Bonchev–Trinajstić information content (AvgIpc) is 3.58. The Morgan fingerprint density at radius 2 is 1.68 bits per heavy atom. The second-order valence-electron chi connectivity index (χ2n) is 9.84. The zero-order valence-electron chi connectivity index (χ0n) is 22.8. The number of benzene rings is 2.